The number of methoxy groups -OCH3 is 1. The van der Waals surface area contributed by atoms with Crippen molar-refractivity contribution in [1.29, 1.82) is 0 Å². The molecule has 5 nitrogen and oxygen atoms in total. The van der Waals surface area contributed by atoms with E-state index in [1.807, 2.05) is 19.1 Å². The van der Waals surface area contributed by atoms with E-state index in [1.54, 1.807) is 20.1 Å². The van der Waals surface area contributed by atoms with E-state index >= 15 is 0 Å². The molecule has 1 rings (SSSR count). The number of amides is 1. The number of carbonyl (C=O) groups excluding carboxylic acids is 2. The normalized spacial score (nSPS) is 9.84. The van der Waals surface area contributed by atoms with Crippen LogP contribution in [0.15, 0.2) is 18.2 Å². The van der Waals surface area contributed by atoms with Crippen molar-refractivity contribution in [2.45, 2.75) is 26.7 Å². The Kier molecular flexibility index (Phi) is 5.85. The summed E-state index contributed by atoms with van der Waals surface area (Å²) in [6.07, 6.45) is 0.170. The van der Waals surface area contributed by atoms with Crippen molar-refractivity contribution in [3.63, 3.8) is 0 Å². The molecule has 0 heterocycles. The average Bonchev–Trinajstić information content (AvgIpc) is 2.37. The number of benzene rings is 1. The third-order valence-electron chi connectivity index (χ3n) is 2.49. The van der Waals surface area contributed by atoms with Gasteiger partial charge in [-0.2, -0.15) is 0 Å². The van der Waals surface area contributed by atoms with Crippen LogP contribution in [0.25, 0.3) is 0 Å². The second-order valence-corrected chi connectivity index (χ2v) is 4.06. The second-order valence-electron chi connectivity index (χ2n) is 4.06. The van der Waals surface area contributed by atoms with Crippen LogP contribution in [0.4, 0.5) is 5.69 Å². The monoisotopic (exact) mass is 265 g/mol. The van der Waals surface area contributed by atoms with Crippen LogP contribution in [0, 0.1) is 6.92 Å². The lowest BCUT2D eigenvalue weighted by atomic mass is 10.2. The first-order valence-electron chi connectivity index (χ1n) is 6.17. The van der Waals surface area contributed by atoms with Gasteiger partial charge in [0.1, 0.15) is 5.75 Å². The van der Waals surface area contributed by atoms with Gasteiger partial charge in [-0.1, -0.05) is 6.07 Å². The van der Waals surface area contributed by atoms with Crippen molar-refractivity contribution in [3.05, 3.63) is 23.8 Å². The maximum Gasteiger partial charge on any atom is 0.306 e. The number of carbonyl (C=O) groups is 2. The van der Waals surface area contributed by atoms with Gasteiger partial charge in [0.25, 0.3) is 0 Å². The van der Waals surface area contributed by atoms with E-state index in [0.717, 1.165) is 5.56 Å². The highest BCUT2D eigenvalue weighted by Crippen LogP contribution is 2.25. The molecule has 0 fully saturated rings. The Hall–Kier alpha value is -2.04. The molecule has 0 saturated carbocycles. The van der Waals surface area contributed by atoms with Gasteiger partial charge in [0, 0.05) is 6.42 Å². The first-order valence-corrected chi connectivity index (χ1v) is 6.17. The molecule has 0 bridgehead atoms. The molecular weight excluding hydrogens is 246 g/mol. The van der Waals surface area contributed by atoms with Crippen molar-refractivity contribution >= 4 is 17.6 Å². The fourth-order valence-electron chi connectivity index (χ4n) is 1.58. The lowest BCUT2D eigenvalue weighted by Gasteiger charge is -2.10. The molecule has 0 spiro atoms. The largest absolute Gasteiger partial charge is 0.495 e. The summed E-state index contributed by atoms with van der Waals surface area (Å²) in [4.78, 5) is 22.9. The Balaban J connectivity index is 2.57. The summed E-state index contributed by atoms with van der Waals surface area (Å²) >= 11 is 0. The molecule has 1 aromatic rings. The Bertz CT molecular complexity index is 457. The zero-order valence-corrected chi connectivity index (χ0v) is 11.5. The predicted molar refractivity (Wildman–Crippen MR) is 72.2 cm³/mol. The number of aryl methyl sites for hydroxylation is 1. The first kappa shape index (κ1) is 15.0. The van der Waals surface area contributed by atoms with Crippen LogP contribution in [0.3, 0.4) is 0 Å². The van der Waals surface area contributed by atoms with Crippen LogP contribution < -0.4 is 10.1 Å². The van der Waals surface area contributed by atoms with Crippen molar-refractivity contribution < 1.29 is 19.1 Å². The highest BCUT2D eigenvalue weighted by molar-refractivity contribution is 5.94. The third kappa shape index (κ3) is 4.99. The molecule has 0 radical (unpaired) electrons. The predicted octanol–water partition coefficient (Wildman–Crippen LogP) is 2.29. The molecule has 0 aliphatic carbocycles. The number of hydrogen-bond donors (Lipinski definition) is 1. The van der Waals surface area contributed by atoms with Crippen LogP contribution in [-0.2, 0) is 14.3 Å². The number of anilines is 1. The lowest BCUT2D eigenvalue weighted by molar-refractivity contribution is -0.144. The molecule has 1 aromatic carbocycles. The molecule has 1 N–H and O–H groups in total. The standard InChI is InChI=1S/C14H19NO4/c1-4-19-14(17)8-7-13(16)15-11-9-10(2)5-6-12(11)18-3/h5-6,9H,4,7-8H2,1-3H3,(H,15,16). The van der Waals surface area contributed by atoms with Crippen LogP contribution in [-0.4, -0.2) is 25.6 Å². The first-order chi connectivity index (χ1) is 9.06. The molecule has 0 aliphatic heterocycles. The zero-order valence-electron chi connectivity index (χ0n) is 11.5. The van der Waals surface area contributed by atoms with E-state index < -0.39 is 0 Å². The molecule has 5 heteroatoms. The van der Waals surface area contributed by atoms with Gasteiger partial charge < -0.3 is 14.8 Å². The van der Waals surface area contributed by atoms with E-state index in [0.29, 0.717) is 18.0 Å². The maximum absolute atomic E-state index is 11.7. The summed E-state index contributed by atoms with van der Waals surface area (Å²) in [6, 6.07) is 5.50. The number of esters is 1. The van der Waals surface area contributed by atoms with E-state index in [1.165, 1.54) is 0 Å². The third-order valence-corrected chi connectivity index (χ3v) is 2.49. The number of ether oxygens (including phenoxy) is 2. The number of hydrogen-bond acceptors (Lipinski definition) is 4. The van der Waals surface area contributed by atoms with Crippen molar-refractivity contribution in [2.24, 2.45) is 0 Å². The van der Waals surface area contributed by atoms with E-state index in [9.17, 15) is 9.59 Å². The summed E-state index contributed by atoms with van der Waals surface area (Å²) in [5.41, 5.74) is 1.62. The Morgan fingerprint density at radius 2 is 2.00 bits per heavy atom. The van der Waals surface area contributed by atoms with Crippen LogP contribution >= 0.6 is 0 Å². The fourth-order valence-corrected chi connectivity index (χ4v) is 1.58. The summed E-state index contributed by atoms with van der Waals surface area (Å²) in [7, 11) is 1.54. The van der Waals surface area contributed by atoms with Crippen molar-refractivity contribution in [3.8, 4) is 5.75 Å². The SMILES string of the molecule is CCOC(=O)CCC(=O)Nc1cc(C)ccc1OC. The van der Waals surface area contributed by atoms with Gasteiger partial charge in [-0.25, -0.2) is 0 Å². The Labute approximate surface area is 112 Å². The number of nitrogens with one attached hydrogen (secondary N) is 1. The second kappa shape index (κ2) is 7.41. The van der Waals surface area contributed by atoms with Gasteiger partial charge in [0.05, 0.1) is 25.8 Å². The molecule has 0 aliphatic rings. The molecule has 0 unspecified atom stereocenters. The minimum absolute atomic E-state index is 0.0772. The smallest absolute Gasteiger partial charge is 0.306 e. The summed E-state index contributed by atoms with van der Waals surface area (Å²) in [5, 5.41) is 2.73. The van der Waals surface area contributed by atoms with Gasteiger partial charge >= 0.3 is 5.97 Å². The van der Waals surface area contributed by atoms with Crippen LogP contribution in [0.2, 0.25) is 0 Å². The highest BCUT2D eigenvalue weighted by Gasteiger charge is 2.10. The number of rotatable bonds is 6. The van der Waals surface area contributed by atoms with Gasteiger partial charge in [0.15, 0.2) is 0 Å². The molecule has 0 saturated heterocycles. The summed E-state index contributed by atoms with van der Waals surface area (Å²) in [5.74, 6) is -0.0131. The Morgan fingerprint density at radius 1 is 1.26 bits per heavy atom. The highest BCUT2D eigenvalue weighted by atomic mass is 16.5. The molecule has 0 aromatic heterocycles. The van der Waals surface area contributed by atoms with Gasteiger partial charge in [-0.15, -0.1) is 0 Å². The van der Waals surface area contributed by atoms with Crippen LogP contribution in [0.5, 0.6) is 5.75 Å². The molecule has 1 amide bonds. The van der Waals surface area contributed by atoms with Gasteiger partial charge in [0.2, 0.25) is 5.91 Å². The minimum Gasteiger partial charge on any atom is -0.495 e. The average molecular weight is 265 g/mol. The summed E-state index contributed by atoms with van der Waals surface area (Å²) in [6.45, 7) is 3.98. The topological polar surface area (TPSA) is 64.6 Å². The molecule has 19 heavy (non-hydrogen) atoms. The Morgan fingerprint density at radius 3 is 2.63 bits per heavy atom. The fraction of sp³-hybridized carbons (Fsp3) is 0.429. The quantitative estimate of drug-likeness (QED) is 0.801. The van der Waals surface area contributed by atoms with E-state index in [-0.39, 0.29) is 24.7 Å². The van der Waals surface area contributed by atoms with Gasteiger partial charge in [-0.05, 0) is 31.5 Å². The molecular formula is C14H19NO4. The van der Waals surface area contributed by atoms with E-state index in [2.05, 4.69) is 5.32 Å². The van der Waals surface area contributed by atoms with Crippen LogP contribution in [0.1, 0.15) is 25.3 Å². The lowest BCUT2D eigenvalue weighted by Crippen LogP contribution is -2.15. The van der Waals surface area contributed by atoms with E-state index in [4.69, 9.17) is 9.47 Å². The summed E-state index contributed by atoms with van der Waals surface area (Å²) < 4.78 is 9.92. The van der Waals surface area contributed by atoms with Crippen molar-refractivity contribution in [2.75, 3.05) is 19.0 Å². The maximum atomic E-state index is 11.7. The van der Waals surface area contributed by atoms with Gasteiger partial charge in [-0.3, -0.25) is 9.59 Å². The molecule has 104 valence electrons. The molecule has 0 atom stereocenters. The van der Waals surface area contributed by atoms with Crippen molar-refractivity contribution in [1.82, 2.24) is 0 Å². The zero-order chi connectivity index (χ0) is 14.3. The minimum atomic E-state index is -0.367.